The molecular formula is C13H13ClN2O3S. The third-order valence-electron chi connectivity index (χ3n) is 2.49. The molecule has 1 amide bonds. The number of ether oxygens (including phenoxy) is 1. The maximum absolute atomic E-state index is 11.6. The first-order valence-corrected chi connectivity index (χ1v) is 7.29. The Morgan fingerprint density at radius 2 is 2.25 bits per heavy atom. The summed E-state index contributed by atoms with van der Waals surface area (Å²) in [6, 6.07) is 5.07. The smallest absolute Gasteiger partial charge is 0.338 e. The van der Waals surface area contributed by atoms with Gasteiger partial charge < -0.3 is 10.1 Å². The molecule has 5 nitrogen and oxygen atoms in total. The van der Waals surface area contributed by atoms with Crippen molar-refractivity contribution in [2.75, 3.05) is 11.9 Å². The molecule has 0 saturated carbocycles. The third kappa shape index (κ3) is 3.26. The van der Waals surface area contributed by atoms with Gasteiger partial charge in [-0.2, -0.15) is 0 Å². The summed E-state index contributed by atoms with van der Waals surface area (Å²) in [5, 5.41) is 2.45. The van der Waals surface area contributed by atoms with E-state index in [4.69, 9.17) is 16.3 Å². The standard InChI is InChI=1S/C13H13ClN2O3S/c1-3-19-12(18)8-4-5-9-10(6-8)20-13(15-9)16-11(17)7(2)14/h4-7H,3H2,1-2H3,(H,15,16,17). The summed E-state index contributed by atoms with van der Waals surface area (Å²) in [5.41, 5.74) is 1.17. The summed E-state index contributed by atoms with van der Waals surface area (Å²) in [4.78, 5) is 27.4. The van der Waals surface area contributed by atoms with Crippen LogP contribution in [0.2, 0.25) is 0 Å². The lowest BCUT2D eigenvalue weighted by molar-refractivity contribution is -0.115. The predicted octanol–water partition coefficient (Wildman–Crippen LogP) is 3.04. The Labute approximate surface area is 124 Å². The third-order valence-corrected chi connectivity index (χ3v) is 3.62. The molecule has 1 unspecified atom stereocenters. The minimum atomic E-state index is -0.628. The van der Waals surface area contributed by atoms with Crippen molar-refractivity contribution in [1.82, 2.24) is 4.98 Å². The Morgan fingerprint density at radius 1 is 1.50 bits per heavy atom. The topological polar surface area (TPSA) is 68.3 Å². The van der Waals surface area contributed by atoms with Crippen molar-refractivity contribution in [2.45, 2.75) is 19.2 Å². The molecule has 0 radical (unpaired) electrons. The molecular weight excluding hydrogens is 300 g/mol. The van der Waals surface area contributed by atoms with Crippen molar-refractivity contribution in [2.24, 2.45) is 0 Å². The normalized spacial score (nSPS) is 12.2. The second kappa shape index (κ2) is 6.19. The van der Waals surface area contributed by atoms with Crippen LogP contribution in [0.1, 0.15) is 24.2 Å². The zero-order valence-electron chi connectivity index (χ0n) is 11.0. The average molecular weight is 313 g/mol. The number of hydrogen-bond donors (Lipinski definition) is 1. The number of halogens is 1. The highest BCUT2D eigenvalue weighted by Crippen LogP contribution is 2.27. The van der Waals surface area contributed by atoms with E-state index < -0.39 is 5.38 Å². The van der Waals surface area contributed by atoms with Crippen molar-refractivity contribution in [3.05, 3.63) is 23.8 Å². The van der Waals surface area contributed by atoms with Gasteiger partial charge in [-0.15, -0.1) is 11.6 Å². The molecule has 0 aliphatic carbocycles. The summed E-state index contributed by atoms with van der Waals surface area (Å²) in [6.45, 7) is 3.67. The van der Waals surface area contributed by atoms with Crippen LogP contribution in [0.3, 0.4) is 0 Å². The number of benzene rings is 1. The SMILES string of the molecule is CCOC(=O)c1ccc2nc(NC(=O)C(C)Cl)sc2c1. The Morgan fingerprint density at radius 3 is 2.90 bits per heavy atom. The first-order valence-electron chi connectivity index (χ1n) is 6.04. The van der Waals surface area contributed by atoms with E-state index in [1.165, 1.54) is 11.3 Å². The first kappa shape index (κ1) is 14.7. The van der Waals surface area contributed by atoms with Gasteiger partial charge in [0.15, 0.2) is 5.13 Å². The monoisotopic (exact) mass is 312 g/mol. The van der Waals surface area contributed by atoms with Gasteiger partial charge in [-0.25, -0.2) is 9.78 Å². The first-order chi connectivity index (χ1) is 9.51. The molecule has 7 heteroatoms. The fraction of sp³-hybridized carbons (Fsp3) is 0.308. The van der Waals surface area contributed by atoms with Crippen LogP contribution >= 0.6 is 22.9 Å². The zero-order valence-corrected chi connectivity index (χ0v) is 12.5. The second-order valence-electron chi connectivity index (χ2n) is 4.03. The van der Waals surface area contributed by atoms with Crippen LogP contribution in [0.25, 0.3) is 10.2 Å². The molecule has 1 N–H and O–H groups in total. The lowest BCUT2D eigenvalue weighted by Crippen LogP contribution is -2.19. The Balaban J connectivity index is 2.26. The van der Waals surface area contributed by atoms with E-state index in [2.05, 4.69) is 10.3 Å². The molecule has 0 aliphatic rings. The van der Waals surface area contributed by atoms with Gasteiger partial charge in [-0.3, -0.25) is 4.79 Å². The highest BCUT2D eigenvalue weighted by Gasteiger charge is 2.14. The fourth-order valence-electron chi connectivity index (χ4n) is 1.52. The summed E-state index contributed by atoms with van der Waals surface area (Å²) in [7, 11) is 0. The molecule has 2 aromatic rings. The molecule has 0 fully saturated rings. The van der Waals surface area contributed by atoms with Crippen molar-refractivity contribution in [3.63, 3.8) is 0 Å². The maximum atomic E-state index is 11.6. The van der Waals surface area contributed by atoms with Gasteiger partial charge in [0.05, 0.1) is 22.4 Å². The lowest BCUT2D eigenvalue weighted by atomic mass is 10.2. The Hall–Kier alpha value is -1.66. The van der Waals surface area contributed by atoms with E-state index in [1.54, 1.807) is 32.0 Å². The van der Waals surface area contributed by atoms with Crippen molar-refractivity contribution in [3.8, 4) is 0 Å². The van der Waals surface area contributed by atoms with E-state index in [1.807, 2.05) is 0 Å². The van der Waals surface area contributed by atoms with E-state index in [9.17, 15) is 9.59 Å². The van der Waals surface area contributed by atoms with Crippen molar-refractivity contribution in [1.29, 1.82) is 0 Å². The summed E-state index contributed by atoms with van der Waals surface area (Å²) in [6.07, 6.45) is 0. The van der Waals surface area contributed by atoms with Gasteiger partial charge in [0, 0.05) is 0 Å². The summed E-state index contributed by atoms with van der Waals surface area (Å²) < 4.78 is 5.74. The number of alkyl halides is 1. The number of carbonyl (C=O) groups excluding carboxylic acids is 2. The average Bonchev–Trinajstić information content (AvgIpc) is 2.79. The molecule has 1 atom stereocenters. The molecule has 2 rings (SSSR count). The molecule has 1 aromatic heterocycles. The number of anilines is 1. The molecule has 1 aromatic carbocycles. The predicted molar refractivity (Wildman–Crippen MR) is 79.5 cm³/mol. The minimum absolute atomic E-state index is 0.309. The van der Waals surface area contributed by atoms with Crippen molar-refractivity contribution >= 4 is 50.2 Å². The van der Waals surface area contributed by atoms with Crippen LogP contribution in [-0.2, 0) is 9.53 Å². The number of nitrogens with one attached hydrogen (secondary N) is 1. The molecule has 106 valence electrons. The highest BCUT2D eigenvalue weighted by molar-refractivity contribution is 7.22. The zero-order chi connectivity index (χ0) is 14.7. The van der Waals surface area contributed by atoms with Crippen LogP contribution in [0.15, 0.2) is 18.2 Å². The number of aromatic nitrogens is 1. The maximum Gasteiger partial charge on any atom is 0.338 e. The number of amides is 1. The quantitative estimate of drug-likeness (QED) is 0.696. The number of thiazole rings is 1. The number of fused-ring (bicyclic) bond motifs is 1. The van der Waals surface area contributed by atoms with E-state index in [0.717, 1.165) is 4.70 Å². The number of hydrogen-bond acceptors (Lipinski definition) is 5. The Bertz CT molecular complexity index is 654. The van der Waals surface area contributed by atoms with Gasteiger partial charge in [-0.1, -0.05) is 11.3 Å². The van der Waals surface area contributed by atoms with E-state index in [0.29, 0.717) is 22.8 Å². The van der Waals surface area contributed by atoms with Gasteiger partial charge in [-0.05, 0) is 32.0 Å². The van der Waals surface area contributed by atoms with Gasteiger partial charge in [0.2, 0.25) is 5.91 Å². The second-order valence-corrected chi connectivity index (χ2v) is 5.71. The lowest BCUT2D eigenvalue weighted by Gasteiger charge is -2.01. The van der Waals surface area contributed by atoms with Crippen LogP contribution in [0, 0.1) is 0 Å². The molecule has 0 saturated heterocycles. The van der Waals surface area contributed by atoms with Crippen LogP contribution in [0.4, 0.5) is 5.13 Å². The number of rotatable bonds is 4. The minimum Gasteiger partial charge on any atom is -0.462 e. The molecule has 0 aliphatic heterocycles. The van der Waals surface area contributed by atoms with Crippen LogP contribution < -0.4 is 5.32 Å². The Kier molecular flexibility index (Phi) is 4.57. The summed E-state index contributed by atoms with van der Waals surface area (Å²) >= 11 is 6.97. The van der Waals surface area contributed by atoms with Crippen LogP contribution in [-0.4, -0.2) is 28.8 Å². The van der Waals surface area contributed by atoms with Gasteiger partial charge in [0.25, 0.3) is 0 Å². The molecule has 1 heterocycles. The van der Waals surface area contributed by atoms with E-state index in [-0.39, 0.29) is 11.9 Å². The van der Waals surface area contributed by atoms with Gasteiger partial charge in [0.1, 0.15) is 5.38 Å². The van der Waals surface area contributed by atoms with E-state index >= 15 is 0 Å². The highest BCUT2D eigenvalue weighted by atomic mass is 35.5. The summed E-state index contributed by atoms with van der Waals surface area (Å²) in [5.74, 6) is -0.681. The molecule has 20 heavy (non-hydrogen) atoms. The molecule has 0 bridgehead atoms. The van der Waals surface area contributed by atoms with Crippen LogP contribution in [0.5, 0.6) is 0 Å². The van der Waals surface area contributed by atoms with Crippen molar-refractivity contribution < 1.29 is 14.3 Å². The molecule has 0 spiro atoms. The largest absolute Gasteiger partial charge is 0.462 e. The number of esters is 1. The number of carbonyl (C=O) groups is 2. The van der Waals surface area contributed by atoms with Gasteiger partial charge >= 0.3 is 5.97 Å². The number of nitrogens with zero attached hydrogens (tertiary/aromatic N) is 1. The fourth-order valence-corrected chi connectivity index (χ4v) is 2.49.